The molecule has 1 saturated carbocycles. The SMILES string of the molecule is O=C(O)CN(C(=O)c1cc(Cl)sc1Cl)C1CC1. The average Bonchev–Trinajstić information content (AvgIpc) is 3.00. The minimum atomic E-state index is -1.03. The number of aliphatic carboxylic acids is 1. The fourth-order valence-corrected chi connectivity index (χ4v) is 2.99. The Morgan fingerprint density at radius 1 is 1.47 bits per heavy atom. The van der Waals surface area contributed by atoms with Gasteiger partial charge in [0.15, 0.2) is 0 Å². The van der Waals surface area contributed by atoms with Gasteiger partial charge in [-0.05, 0) is 18.9 Å². The van der Waals surface area contributed by atoms with Crippen LogP contribution in [0.4, 0.5) is 0 Å². The molecule has 0 atom stereocenters. The maximum absolute atomic E-state index is 12.1. The van der Waals surface area contributed by atoms with Crippen LogP contribution in [0, 0.1) is 0 Å². The Balaban J connectivity index is 2.21. The summed E-state index contributed by atoms with van der Waals surface area (Å²) >= 11 is 12.7. The molecule has 0 spiro atoms. The zero-order valence-corrected chi connectivity index (χ0v) is 11.0. The largest absolute Gasteiger partial charge is 0.480 e. The first-order valence-electron chi connectivity index (χ1n) is 4.96. The summed E-state index contributed by atoms with van der Waals surface area (Å²) in [6.07, 6.45) is 1.68. The highest BCUT2D eigenvalue weighted by Gasteiger charge is 2.35. The Morgan fingerprint density at radius 2 is 2.12 bits per heavy atom. The van der Waals surface area contributed by atoms with Crippen LogP contribution in [0.2, 0.25) is 8.67 Å². The van der Waals surface area contributed by atoms with Gasteiger partial charge in [0, 0.05) is 6.04 Å². The zero-order chi connectivity index (χ0) is 12.6. The van der Waals surface area contributed by atoms with Gasteiger partial charge in [0.25, 0.3) is 5.91 Å². The van der Waals surface area contributed by atoms with Crippen LogP contribution in [0.25, 0.3) is 0 Å². The molecule has 1 heterocycles. The molecule has 4 nitrogen and oxygen atoms in total. The van der Waals surface area contributed by atoms with Crippen LogP contribution in [0.1, 0.15) is 23.2 Å². The fourth-order valence-electron chi connectivity index (χ4n) is 1.54. The van der Waals surface area contributed by atoms with Gasteiger partial charge in [0.1, 0.15) is 10.9 Å². The predicted molar refractivity (Wildman–Crippen MR) is 66.0 cm³/mol. The van der Waals surface area contributed by atoms with E-state index in [1.54, 1.807) is 0 Å². The summed E-state index contributed by atoms with van der Waals surface area (Å²) in [5, 5.41) is 8.78. The molecule has 0 aromatic carbocycles. The molecule has 1 fully saturated rings. The molecule has 1 aromatic rings. The van der Waals surface area contributed by atoms with Crippen molar-refractivity contribution in [2.45, 2.75) is 18.9 Å². The molecule has 0 saturated heterocycles. The third-order valence-electron chi connectivity index (χ3n) is 2.44. The normalized spacial score (nSPS) is 14.7. The maximum atomic E-state index is 12.1. The topological polar surface area (TPSA) is 57.6 Å². The number of hydrogen-bond donors (Lipinski definition) is 1. The molecule has 0 unspecified atom stereocenters. The molecule has 0 aliphatic heterocycles. The van der Waals surface area contributed by atoms with E-state index in [1.165, 1.54) is 11.0 Å². The van der Waals surface area contributed by atoms with Crippen molar-refractivity contribution >= 4 is 46.4 Å². The van der Waals surface area contributed by atoms with E-state index in [2.05, 4.69) is 0 Å². The molecule has 17 heavy (non-hydrogen) atoms. The van der Waals surface area contributed by atoms with Gasteiger partial charge in [0.2, 0.25) is 0 Å². The van der Waals surface area contributed by atoms with E-state index in [0.29, 0.717) is 8.67 Å². The summed E-state index contributed by atoms with van der Waals surface area (Å²) in [5.41, 5.74) is 0.287. The van der Waals surface area contributed by atoms with E-state index in [4.69, 9.17) is 28.3 Å². The summed E-state index contributed by atoms with van der Waals surface area (Å²) < 4.78 is 0.723. The smallest absolute Gasteiger partial charge is 0.323 e. The van der Waals surface area contributed by atoms with Crippen LogP contribution in [0.15, 0.2) is 6.07 Å². The minimum absolute atomic E-state index is 0.0216. The Bertz CT molecular complexity index is 470. The molecule has 1 aromatic heterocycles. The molecule has 92 valence electrons. The van der Waals surface area contributed by atoms with Crippen LogP contribution in [0.5, 0.6) is 0 Å². The van der Waals surface area contributed by atoms with Crippen molar-refractivity contribution < 1.29 is 14.7 Å². The maximum Gasteiger partial charge on any atom is 0.323 e. The lowest BCUT2D eigenvalue weighted by molar-refractivity contribution is -0.137. The van der Waals surface area contributed by atoms with Gasteiger partial charge in [-0.1, -0.05) is 23.2 Å². The first-order valence-corrected chi connectivity index (χ1v) is 6.54. The monoisotopic (exact) mass is 293 g/mol. The van der Waals surface area contributed by atoms with Gasteiger partial charge in [0.05, 0.1) is 9.90 Å². The van der Waals surface area contributed by atoms with Crippen molar-refractivity contribution in [2.75, 3.05) is 6.54 Å². The van der Waals surface area contributed by atoms with E-state index in [1.807, 2.05) is 0 Å². The van der Waals surface area contributed by atoms with Crippen LogP contribution in [0.3, 0.4) is 0 Å². The second-order valence-corrected chi connectivity index (χ2v) is 6.08. The lowest BCUT2D eigenvalue weighted by atomic mass is 10.3. The molecule has 1 N–H and O–H groups in total. The van der Waals surface area contributed by atoms with Gasteiger partial charge >= 0.3 is 5.97 Å². The van der Waals surface area contributed by atoms with Gasteiger partial charge in [-0.25, -0.2) is 0 Å². The van der Waals surface area contributed by atoms with E-state index in [9.17, 15) is 9.59 Å². The highest BCUT2D eigenvalue weighted by atomic mass is 35.5. The average molecular weight is 294 g/mol. The molecular weight excluding hydrogens is 285 g/mol. The van der Waals surface area contributed by atoms with E-state index in [-0.39, 0.29) is 24.1 Å². The number of carbonyl (C=O) groups is 2. The van der Waals surface area contributed by atoms with Crippen molar-refractivity contribution in [1.82, 2.24) is 4.90 Å². The lowest BCUT2D eigenvalue weighted by Gasteiger charge is -2.19. The van der Waals surface area contributed by atoms with Crippen LogP contribution >= 0.6 is 34.5 Å². The van der Waals surface area contributed by atoms with Gasteiger partial charge < -0.3 is 10.0 Å². The first-order chi connectivity index (χ1) is 7.99. The van der Waals surface area contributed by atoms with Crippen molar-refractivity contribution in [3.8, 4) is 0 Å². The number of nitrogens with zero attached hydrogens (tertiary/aromatic N) is 1. The quantitative estimate of drug-likeness (QED) is 0.929. The molecular formula is C10H9Cl2NO3S. The molecule has 0 bridgehead atoms. The Hall–Kier alpha value is -0.780. The minimum Gasteiger partial charge on any atom is -0.480 e. The number of rotatable bonds is 4. The number of carbonyl (C=O) groups excluding carboxylic acids is 1. The summed E-state index contributed by atoms with van der Waals surface area (Å²) in [6, 6.07) is 1.50. The summed E-state index contributed by atoms with van der Waals surface area (Å²) in [4.78, 5) is 24.2. The van der Waals surface area contributed by atoms with Crippen molar-refractivity contribution in [2.24, 2.45) is 0 Å². The molecule has 1 amide bonds. The van der Waals surface area contributed by atoms with E-state index < -0.39 is 5.97 Å². The van der Waals surface area contributed by atoms with Crippen LogP contribution in [-0.4, -0.2) is 34.5 Å². The Morgan fingerprint density at radius 3 is 2.53 bits per heavy atom. The molecule has 1 aliphatic carbocycles. The predicted octanol–water partition coefficient (Wildman–Crippen LogP) is 2.74. The fraction of sp³-hybridized carbons (Fsp3) is 0.400. The number of carboxylic acid groups (broad SMARTS) is 1. The molecule has 0 radical (unpaired) electrons. The van der Waals surface area contributed by atoms with Crippen LogP contribution in [-0.2, 0) is 4.79 Å². The standard InChI is InChI=1S/C10H9Cl2NO3S/c11-7-3-6(9(12)17-7)10(16)13(4-8(14)15)5-1-2-5/h3,5H,1-2,4H2,(H,14,15). The van der Waals surface area contributed by atoms with Crippen molar-refractivity contribution in [3.63, 3.8) is 0 Å². The number of hydrogen-bond acceptors (Lipinski definition) is 3. The molecule has 2 rings (SSSR count). The van der Waals surface area contributed by atoms with Crippen molar-refractivity contribution in [1.29, 1.82) is 0 Å². The summed E-state index contributed by atoms with van der Waals surface area (Å²) in [7, 11) is 0. The van der Waals surface area contributed by atoms with Gasteiger partial charge in [-0.2, -0.15) is 0 Å². The first kappa shape index (κ1) is 12.7. The van der Waals surface area contributed by atoms with E-state index in [0.717, 1.165) is 24.2 Å². The second-order valence-electron chi connectivity index (χ2n) is 3.80. The molecule has 7 heteroatoms. The van der Waals surface area contributed by atoms with Crippen LogP contribution < -0.4 is 0 Å². The lowest BCUT2D eigenvalue weighted by Crippen LogP contribution is -2.37. The molecule has 1 aliphatic rings. The zero-order valence-electron chi connectivity index (χ0n) is 8.65. The second kappa shape index (κ2) is 4.84. The third kappa shape index (κ3) is 2.91. The number of amides is 1. The van der Waals surface area contributed by atoms with Gasteiger partial charge in [-0.15, -0.1) is 11.3 Å². The number of thiophene rings is 1. The van der Waals surface area contributed by atoms with Gasteiger partial charge in [-0.3, -0.25) is 9.59 Å². The Kier molecular flexibility index (Phi) is 3.61. The van der Waals surface area contributed by atoms with Crippen molar-refractivity contribution in [3.05, 3.63) is 20.3 Å². The highest BCUT2D eigenvalue weighted by molar-refractivity contribution is 7.20. The Labute approximate surface area is 112 Å². The summed E-state index contributed by atoms with van der Waals surface area (Å²) in [5.74, 6) is -1.38. The van der Waals surface area contributed by atoms with E-state index >= 15 is 0 Å². The number of halogens is 2. The highest BCUT2D eigenvalue weighted by Crippen LogP contribution is 2.34. The third-order valence-corrected chi connectivity index (χ3v) is 3.93. The summed E-state index contributed by atoms with van der Waals surface area (Å²) in [6.45, 7) is -0.298. The number of carboxylic acids is 1.